The minimum absolute atomic E-state index is 0.339. The first-order chi connectivity index (χ1) is 6.20. The van der Waals surface area contributed by atoms with Crippen LogP contribution in [0.2, 0.25) is 0 Å². The van der Waals surface area contributed by atoms with Gasteiger partial charge in [0.15, 0.2) is 0 Å². The minimum atomic E-state index is 0.339. The fourth-order valence-electron chi connectivity index (χ4n) is 2.74. The average molecular weight is 176 g/mol. The Morgan fingerprint density at radius 3 is 2.85 bits per heavy atom. The van der Waals surface area contributed by atoms with Crippen molar-refractivity contribution in [3.05, 3.63) is 12.2 Å². The van der Waals surface area contributed by atoms with E-state index < -0.39 is 0 Å². The fourth-order valence-corrected chi connectivity index (χ4v) is 2.74. The summed E-state index contributed by atoms with van der Waals surface area (Å²) >= 11 is 0. The third kappa shape index (κ3) is 1.49. The predicted octanol–water partition coefficient (Wildman–Crippen LogP) is 1.80. The highest BCUT2D eigenvalue weighted by atomic mass is 15.2. The van der Waals surface area contributed by atoms with Crippen LogP contribution in [0.3, 0.4) is 0 Å². The summed E-state index contributed by atoms with van der Waals surface area (Å²) in [6.45, 7) is 8.16. The smallest absolute Gasteiger partial charge is 0.0659 e. The van der Waals surface area contributed by atoms with Gasteiger partial charge in [-0.1, -0.05) is 12.2 Å². The summed E-state index contributed by atoms with van der Waals surface area (Å²) in [6, 6.07) is 3.09. The summed E-state index contributed by atoms with van der Waals surface area (Å²) in [5.41, 5.74) is 1.24. The van der Waals surface area contributed by atoms with Crippen LogP contribution in [-0.2, 0) is 0 Å². The molecular weight excluding hydrogens is 160 g/mol. The van der Waals surface area contributed by atoms with E-state index in [0.717, 1.165) is 19.5 Å². The van der Waals surface area contributed by atoms with E-state index in [2.05, 4.69) is 24.5 Å². The molecular formula is C11H16N2. The topological polar surface area (TPSA) is 27.0 Å². The molecule has 13 heavy (non-hydrogen) atoms. The van der Waals surface area contributed by atoms with Crippen LogP contribution in [0.5, 0.6) is 0 Å². The van der Waals surface area contributed by atoms with Gasteiger partial charge in [-0.05, 0) is 25.7 Å². The van der Waals surface area contributed by atoms with Gasteiger partial charge < -0.3 is 0 Å². The normalized spacial score (nSPS) is 37.7. The second kappa shape index (κ2) is 3.16. The highest BCUT2D eigenvalue weighted by Crippen LogP contribution is 2.41. The number of rotatable bonds is 2. The van der Waals surface area contributed by atoms with Crippen molar-refractivity contribution in [3.63, 3.8) is 0 Å². The Balaban J connectivity index is 1.96. The van der Waals surface area contributed by atoms with Gasteiger partial charge in [-0.15, -0.1) is 0 Å². The molecule has 70 valence electrons. The molecule has 2 fully saturated rings. The van der Waals surface area contributed by atoms with Gasteiger partial charge in [0.25, 0.3) is 0 Å². The first-order valence-corrected chi connectivity index (χ1v) is 4.98. The fraction of sp³-hybridized carbons (Fsp3) is 0.727. The molecule has 2 bridgehead atoms. The lowest BCUT2D eigenvalue weighted by Gasteiger charge is -2.28. The van der Waals surface area contributed by atoms with Crippen LogP contribution in [0.4, 0.5) is 0 Å². The highest BCUT2D eigenvalue weighted by Gasteiger charge is 2.44. The van der Waals surface area contributed by atoms with E-state index in [-0.39, 0.29) is 0 Å². The summed E-state index contributed by atoms with van der Waals surface area (Å²) in [7, 11) is 0. The zero-order chi connectivity index (χ0) is 9.42. The quantitative estimate of drug-likeness (QED) is 0.600. The van der Waals surface area contributed by atoms with Crippen LogP contribution in [0.15, 0.2) is 12.2 Å². The molecule has 0 aromatic heterocycles. The van der Waals surface area contributed by atoms with Gasteiger partial charge in [-0.3, -0.25) is 4.90 Å². The second-order valence-corrected chi connectivity index (χ2v) is 4.51. The maximum Gasteiger partial charge on any atom is 0.0659 e. The number of piperidine rings is 1. The number of hydrogen-bond acceptors (Lipinski definition) is 2. The molecule has 0 aromatic rings. The van der Waals surface area contributed by atoms with Gasteiger partial charge in [0, 0.05) is 19.1 Å². The zero-order valence-corrected chi connectivity index (χ0v) is 8.16. The number of nitriles is 1. The van der Waals surface area contributed by atoms with Crippen molar-refractivity contribution >= 4 is 0 Å². The van der Waals surface area contributed by atoms with Crippen molar-refractivity contribution in [2.75, 3.05) is 13.1 Å². The molecule has 3 atom stereocenters. The Morgan fingerprint density at radius 2 is 2.38 bits per heavy atom. The van der Waals surface area contributed by atoms with E-state index in [0.29, 0.717) is 17.9 Å². The predicted molar refractivity (Wildman–Crippen MR) is 52.0 cm³/mol. The van der Waals surface area contributed by atoms with Crippen LogP contribution in [0, 0.1) is 23.2 Å². The van der Waals surface area contributed by atoms with Crippen molar-refractivity contribution in [1.82, 2.24) is 4.90 Å². The molecule has 2 nitrogen and oxygen atoms in total. The van der Waals surface area contributed by atoms with Crippen molar-refractivity contribution < 1.29 is 0 Å². The Bertz CT molecular complexity index is 264. The van der Waals surface area contributed by atoms with E-state index in [1.807, 2.05) is 0 Å². The SMILES string of the molecule is C=C(C)CN1CC2CC1CC2C#N. The molecule has 2 heteroatoms. The third-order valence-corrected chi connectivity index (χ3v) is 3.29. The highest BCUT2D eigenvalue weighted by molar-refractivity contribution is 5.07. The molecule has 2 aliphatic rings. The third-order valence-electron chi connectivity index (χ3n) is 3.29. The maximum atomic E-state index is 8.87. The van der Waals surface area contributed by atoms with Gasteiger partial charge in [-0.25, -0.2) is 0 Å². The van der Waals surface area contributed by atoms with E-state index >= 15 is 0 Å². The molecule has 2 rings (SSSR count). The Labute approximate surface area is 79.8 Å². The Hall–Kier alpha value is -0.810. The lowest BCUT2D eigenvalue weighted by atomic mass is 9.96. The minimum Gasteiger partial charge on any atom is -0.296 e. The molecule has 1 saturated heterocycles. The molecule has 0 radical (unpaired) electrons. The number of nitrogens with zero attached hydrogens (tertiary/aromatic N) is 2. The summed E-state index contributed by atoms with van der Waals surface area (Å²) in [5.74, 6) is 0.987. The van der Waals surface area contributed by atoms with E-state index in [1.54, 1.807) is 0 Å². The summed E-state index contributed by atoms with van der Waals surface area (Å²) in [5, 5.41) is 8.87. The standard InChI is InChI=1S/C11H16N2/c1-8(2)6-13-7-10-4-11(13)3-9(10)5-12/h9-11H,1,3-4,6-7H2,2H3. The molecule has 1 aliphatic heterocycles. The van der Waals surface area contributed by atoms with E-state index in [4.69, 9.17) is 5.26 Å². The number of hydrogen-bond donors (Lipinski definition) is 0. The van der Waals surface area contributed by atoms with Gasteiger partial charge in [0.05, 0.1) is 12.0 Å². The monoisotopic (exact) mass is 176 g/mol. The van der Waals surface area contributed by atoms with Gasteiger partial charge >= 0.3 is 0 Å². The summed E-state index contributed by atoms with van der Waals surface area (Å²) in [6.07, 6.45) is 2.33. The van der Waals surface area contributed by atoms with Gasteiger partial charge in [-0.2, -0.15) is 5.26 Å². The first kappa shape index (κ1) is 8.77. The second-order valence-electron chi connectivity index (χ2n) is 4.51. The summed E-state index contributed by atoms with van der Waals surface area (Å²) < 4.78 is 0. The van der Waals surface area contributed by atoms with Crippen molar-refractivity contribution in [1.29, 1.82) is 5.26 Å². The molecule has 1 saturated carbocycles. The number of likely N-dealkylation sites (tertiary alicyclic amines) is 1. The Morgan fingerprint density at radius 1 is 1.62 bits per heavy atom. The van der Waals surface area contributed by atoms with E-state index in [9.17, 15) is 0 Å². The number of fused-ring (bicyclic) bond motifs is 2. The molecule has 0 spiro atoms. The van der Waals surface area contributed by atoms with E-state index in [1.165, 1.54) is 12.0 Å². The lowest BCUT2D eigenvalue weighted by molar-refractivity contribution is 0.209. The Kier molecular flexibility index (Phi) is 2.13. The zero-order valence-electron chi connectivity index (χ0n) is 8.16. The van der Waals surface area contributed by atoms with Crippen molar-refractivity contribution in [2.24, 2.45) is 11.8 Å². The van der Waals surface area contributed by atoms with Crippen LogP contribution in [0.1, 0.15) is 19.8 Å². The van der Waals surface area contributed by atoms with Crippen molar-refractivity contribution in [3.8, 4) is 6.07 Å². The van der Waals surface area contributed by atoms with Crippen LogP contribution >= 0.6 is 0 Å². The molecule has 1 aliphatic carbocycles. The largest absolute Gasteiger partial charge is 0.296 e. The lowest BCUT2D eigenvalue weighted by Crippen LogP contribution is -2.36. The van der Waals surface area contributed by atoms with Crippen molar-refractivity contribution in [2.45, 2.75) is 25.8 Å². The maximum absolute atomic E-state index is 8.87. The first-order valence-electron chi connectivity index (χ1n) is 4.98. The average Bonchev–Trinajstić information content (AvgIpc) is 2.60. The molecule has 1 heterocycles. The molecule has 0 aromatic carbocycles. The van der Waals surface area contributed by atoms with Crippen LogP contribution < -0.4 is 0 Å². The molecule has 0 amide bonds. The molecule has 0 N–H and O–H groups in total. The molecule has 3 unspecified atom stereocenters. The van der Waals surface area contributed by atoms with Crippen LogP contribution in [-0.4, -0.2) is 24.0 Å². The van der Waals surface area contributed by atoms with Gasteiger partial charge in [0.1, 0.15) is 0 Å². The van der Waals surface area contributed by atoms with Gasteiger partial charge in [0.2, 0.25) is 0 Å². The van der Waals surface area contributed by atoms with Crippen LogP contribution in [0.25, 0.3) is 0 Å². The summed E-state index contributed by atoms with van der Waals surface area (Å²) in [4.78, 5) is 2.49.